The molecule has 22 heteroatoms. The summed E-state index contributed by atoms with van der Waals surface area (Å²) in [6.45, 7) is 1.14. The molecule has 0 aliphatic heterocycles. The van der Waals surface area contributed by atoms with E-state index in [4.69, 9.17) is 26.2 Å². The van der Waals surface area contributed by atoms with E-state index >= 15 is 0 Å². The highest BCUT2D eigenvalue weighted by Crippen LogP contribution is 2.24. The molecule has 6 rings (SSSR count). The van der Waals surface area contributed by atoms with E-state index in [2.05, 4.69) is 26.6 Å². The molecule has 0 aromatic heterocycles. The predicted octanol–water partition coefficient (Wildman–Crippen LogP) is 9.29. The predicted molar refractivity (Wildman–Crippen MR) is 260 cm³/mol. The lowest BCUT2D eigenvalue weighted by molar-refractivity contribution is -0.385. The van der Waals surface area contributed by atoms with Crippen molar-refractivity contribution < 1.29 is 59.8 Å². The standard InChI is InChI=1S/C16H16N2O5.C15H14N2O5.C9H10BrNO2.C7H7NO3/c19-15-8-5-12(10-14(15)16(20)21)17-9-1-2-11-3-6-13(7-4-11)18(22)23;18-14-6-3-11(9-13(14)15(19)20)16-8-7-10-1-4-12(5-2-10)17(21)22;10-7-1-2-8-3-5-9(6-4-8)11(12)13;8-4-1-2-6(9)5(3-4)7(10)11/h3-8,10,17,19H,1-2,9H2,(H,20,21);1-6,9,16,18H,7-8H2,(H,19,20);3-6H,1-2,7H2;1-3,9H,8H2,(H,10,11). The van der Waals surface area contributed by atoms with Gasteiger partial charge in [-0.15, -0.1) is 0 Å². The van der Waals surface area contributed by atoms with Crippen LogP contribution in [0.3, 0.4) is 0 Å². The van der Waals surface area contributed by atoms with Gasteiger partial charge in [0.15, 0.2) is 0 Å². The second-order valence-electron chi connectivity index (χ2n) is 14.4. The number of phenols is 3. The third kappa shape index (κ3) is 18.9. The maximum absolute atomic E-state index is 10.9. The van der Waals surface area contributed by atoms with Gasteiger partial charge in [0.25, 0.3) is 17.1 Å². The van der Waals surface area contributed by atoms with Gasteiger partial charge in [-0.1, -0.05) is 52.3 Å². The minimum Gasteiger partial charge on any atom is -0.507 e. The first-order valence-corrected chi connectivity index (χ1v) is 21.6. The Morgan fingerprint density at radius 2 is 0.812 bits per heavy atom. The van der Waals surface area contributed by atoms with Gasteiger partial charge in [-0.3, -0.25) is 30.3 Å². The number of nitrogen functional groups attached to an aromatic ring is 1. The third-order valence-electron chi connectivity index (χ3n) is 9.46. The van der Waals surface area contributed by atoms with Crippen molar-refractivity contribution in [2.45, 2.75) is 32.1 Å². The van der Waals surface area contributed by atoms with Crippen LogP contribution in [0.5, 0.6) is 17.2 Å². The molecule has 0 fully saturated rings. The van der Waals surface area contributed by atoms with Crippen LogP contribution in [0.4, 0.5) is 34.1 Å². The van der Waals surface area contributed by atoms with E-state index in [0.717, 1.165) is 47.7 Å². The van der Waals surface area contributed by atoms with E-state index in [-0.39, 0.29) is 55.9 Å². The number of carboxylic acid groups (broad SMARTS) is 3. The molecular weight excluding hydrogens is 968 g/mol. The van der Waals surface area contributed by atoms with E-state index in [0.29, 0.717) is 36.6 Å². The highest BCUT2D eigenvalue weighted by atomic mass is 79.9. The van der Waals surface area contributed by atoms with Crippen LogP contribution in [0.15, 0.2) is 127 Å². The summed E-state index contributed by atoms with van der Waals surface area (Å²) >= 11 is 3.34. The number of aromatic carboxylic acids is 3. The molecule has 21 nitrogen and oxygen atoms in total. The van der Waals surface area contributed by atoms with Crippen molar-refractivity contribution in [3.63, 3.8) is 0 Å². The zero-order valence-corrected chi connectivity index (χ0v) is 38.0. The van der Waals surface area contributed by atoms with Crippen LogP contribution in [-0.4, -0.2) is 81.7 Å². The fourth-order valence-electron chi connectivity index (χ4n) is 5.86. The molecule has 10 N–H and O–H groups in total. The fourth-order valence-corrected chi connectivity index (χ4v) is 6.14. The molecule has 69 heavy (non-hydrogen) atoms. The number of hydrogen-bond acceptors (Lipinski definition) is 15. The highest BCUT2D eigenvalue weighted by molar-refractivity contribution is 9.09. The molecule has 6 aromatic carbocycles. The number of halogens is 1. The number of anilines is 3. The summed E-state index contributed by atoms with van der Waals surface area (Å²) < 4.78 is 0. The number of alkyl halides is 1. The second kappa shape index (κ2) is 27.6. The van der Waals surface area contributed by atoms with Gasteiger partial charge >= 0.3 is 17.9 Å². The Morgan fingerprint density at radius 1 is 0.478 bits per heavy atom. The van der Waals surface area contributed by atoms with Gasteiger partial charge < -0.3 is 47.0 Å². The first kappa shape index (κ1) is 54.5. The minimum absolute atomic E-state index is 0.0429. The Bertz CT molecular complexity index is 2700. The van der Waals surface area contributed by atoms with Crippen molar-refractivity contribution >= 4 is 68.0 Å². The van der Waals surface area contributed by atoms with Gasteiger partial charge in [0, 0.05) is 71.9 Å². The number of carboxylic acids is 3. The van der Waals surface area contributed by atoms with E-state index in [1.807, 2.05) is 0 Å². The van der Waals surface area contributed by atoms with E-state index in [9.17, 15) is 54.9 Å². The van der Waals surface area contributed by atoms with Crippen molar-refractivity contribution in [2.75, 3.05) is 34.8 Å². The molecule has 0 aliphatic rings. The molecule has 362 valence electrons. The second-order valence-corrected chi connectivity index (χ2v) is 15.2. The Balaban J connectivity index is 0.000000254. The normalized spacial score (nSPS) is 10.0. The van der Waals surface area contributed by atoms with Gasteiger partial charge in [-0.2, -0.15) is 0 Å². The van der Waals surface area contributed by atoms with Crippen LogP contribution >= 0.6 is 15.9 Å². The van der Waals surface area contributed by atoms with Crippen molar-refractivity contribution in [2.24, 2.45) is 0 Å². The number of rotatable bonds is 18. The largest absolute Gasteiger partial charge is 0.507 e. The number of nitrogens with two attached hydrogens (primary N) is 1. The molecule has 0 aliphatic carbocycles. The Hall–Kier alpha value is -8.79. The van der Waals surface area contributed by atoms with Crippen LogP contribution in [0, 0.1) is 30.3 Å². The van der Waals surface area contributed by atoms with Crippen molar-refractivity contribution in [1.82, 2.24) is 0 Å². The summed E-state index contributed by atoms with van der Waals surface area (Å²) in [5.41, 5.74) is 9.65. The van der Waals surface area contributed by atoms with Crippen LogP contribution < -0.4 is 16.4 Å². The molecule has 0 saturated heterocycles. The highest BCUT2D eigenvalue weighted by Gasteiger charge is 2.12. The maximum atomic E-state index is 10.9. The molecule has 6 aromatic rings. The lowest BCUT2D eigenvalue weighted by Crippen LogP contribution is -2.06. The summed E-state index contributed by atoms with van der Waals surface area (Å²) in [5.74, 6) is -4.39. The van der Waals surface area contributed by atoms with E-state index in [1.165, 1.54) is 66.7 Å². The number of non-ortho nitro benzene ring substituents is 3. The first-order valence-electron chi connectivity index (χ1n) is 20.5. The fraction of sp³-hybridized carbons (Fsp3) is 0.170. The number of hydrogen-bond donors (Lipinski definition) is 9. The van der Waals surface area contributed by atoms with E-state index < -0.39 is 27.8 Å². The number of nitrogens with zero attached hydrogens (tertiary/aromatic N) is 3. The van der Waals surface area contributed by atoms with Crippen molar-refractivity contribution in [3.8, 4) is 17.2 Å². The van der Waals surface area contributed by atoms with Gasteiger partial charge in [-0.05, 0) is 103 Å². The van der Waals surface area contributed by atoms with Crippen LogP contribution in [0.1, 0.15) is 60.6 Å². The van der Waals surface area contributed by atoms with Gasteiger partial charge in [-0.25, -0.2) is 14.4 Å². The van der Waals surface area contributed by atoms with Crippen molar-refractivity contribution in [1.29, 1.82) is 0 Å². The zero-order chi connectivity index (χ0) is 51.0. The Labute approximate surface area is 401 Å². The smallest absolute Gasteiger partial charge is 0.339 e. The lowest BCUT2D eigenvalue weighted by Gasteiger charge is -2.08. The Kier molecular flexibility index (Phi) is 21.8. The zero-order valence-electron chi connectivity index (χ0n) is 36.4. The van der Waals surface area contributed by atoms with Crippen LogP contribution in [-0.2, 0) is 19.3 Å². The number of nitrogens with one attached hydrogen (secondary N) is 2. The SMILES string of the molecule is Nc1ccc(O)c(C(=O)O)c1.O=C(O)c1cc(NCCCc2ccc([N+](=O)[O-])cc2)ccc1O.O=C(O)c1cc(NCCc2ccc([N+](=O)[O-])cc2)ccc1O.O=[N+]([O-])c1ccc(CCCBr)cc1. The number of aromatic hydroxyl groups is 3. The quantitative estimate of drug-likeness (QED) is 0.00966. The molecule has 0 spiro atoms. The molecule has 0 amide bonds. The number of aryl methyl sites for hydroxylation is 2. The van der Waals surface area contributed by atoms with Gasteiger partial charge in [0.1, 0.15) is 33.9 Å². The number of benzene rings is 6. The average Bonchev–Trinajstić information content (AvgIpc) is 3.32. The molecule has 0 heterocycles. The topological polar surface area (TPSA) is 352 Å². The first-order chi connectivity index (χ1) is 32.8. The van der Waals surface area contributed by atoms with Crippen LogP contribution in [0.25, 0.3) is 0 Å². The molecular formula is C47H47BrN6O15. The van der Waals surface area contributed by atoms with Crippen molar-refractivity contribution in [3.05, 3.63) is 191 Å². The summed E-state index contributed by atoms with van der Waals surface area (Å²) in [7, 11) is 0. The monoisotopic (exact) mass is 1010 g/mol. The molecule has 0 radical (unpaired) electrons. The summed E-state index contributed by atoms with van der Waals surface area (Å²) in [4.78, 5) is 62.4. The molecule has 0 atom stereocenters. The third-order valence-corrected chi connectivity index (χ3v) is 10.0. The lowest BCUT2D eigenvalue weighted by atomic mass is 10.1. The summed E-state index contributed by atoms with van der Waals surface area (Å²) in [6.07, 6.45) is 4.16. The molecule has 0 bridgehead atoms. The van der Waals surface area contributed by atoms with Gasteiger partial charge in [0.2, 0.25) is 0 Å². The van der Waals surface area contributed by atoms with E-state index in [1.54, 1.807) is 60.7 Å². The molecule has 0 saturated carbocycles. The van der Waals surface area contributed by atoms with Crippen LogP contribution in [0.2, 0.25) is 0 Å². The summed E-state index contributed by atoms with van der Waals surface area (Å²) in [6, 6.07) is 31.8. The van der Waals surface area contributed by atoms with Gasteiger partial charge in [0.05, 0.1) is 14.8 Å². The average molecular weight is 1020 g/mol. The minimum atomic E-state index is -1.20. The summed E-state index contributed by atoms with van der Waals surface area (Å²) in [5, 5.41) is 92.7. The number of carbonyl (C=O) groups is 3. The maximum Gasteiger partial charge on any atom is 0.339 e. The number of nitro groups is 3. The molecule has 0 unspecified atom stereocenters. The Morgan fingerprint density at radius 3 is 1.16 bits per heavy atom. The number of nitro benzene ring substituents is 3.